The van der Waals surface area contributed by atoms with Crippen molar-refractivity contribution in [2.45, 2.75) is 147 Å². The number of benzene rings is 1. The minimum Gasteiger partial charge on any atom is -0.497 e. The number of carbonyl (C=O) groups excluding carboxylic acids is 4. The molecule has 1 saturated heterocycles. The van der Waals surface area contributed by atoms with Gasteiger partial charge in [0.2, 0.25) is 34.1 Å². The molecule has 2 N–H and O–H groups in total. The molecular weight excluding hydrogens is 789 g/mol. The number of rotatable bonds is 8. The van der Waals surface area contributed by atoms with E-state index in [1.807, 2.05) is 38.5 Å². The summed E-state index contributed by atoms with van der Waals surface area (Å²) in [6.07, 6.45) is 1.26. The summed E-state index contributed by atoms with van der Waals surface area (Å²) in [7, 11) is -2.70. The molecule has 3 saturated carbocycles. The van der Waals surface area contributed by atoms with Crippen molar-refractivity contribution in [3.8, 4) is 11.6 Å². The van der Waals surface area contributed by atoms with Gasteiger partial charge in [-0.1, -0.05) is 47.5 Å². The van der Waals surface area contributed by atoms with Gasteiger partial charge in [0.1, 0.15) is 34.7 Å². The maximum Gasteiger partial charge on any atom is 0.307 e. The molecule has 0 radical (unpaired) electrons. The van der Waals surface area contributed by atoms with Gasteiger partial charge in [0.05, 0.1) is 47.7 Å². The number of sulfonamides is 1. The van der Waals surface area contributed by atoms with Crippen LogP contribution in [0.1, 0.15) is 111 Å². The molecule has 4 fully saturated rings. The zero-order valence-electron chi connectivity index (χ0n) is 34.9. The maximum atomic E-state index is 14.9. The van der Waals surface area contributed by atoms with Crippen molar-refractivity contribution in [3.05, 3.63) is 23.9 Å². The van der Waals surface area contributed by atoms with Gasteiger partial charge in [0.15, 0.2) is 0 Å². The number of alkyl halides is 2. The fraction of sp³-hybridized carbons (Fsp3) is 0.714. The third-order valence-corrected chi connectivity index (χ3v) is 15.9. The summed E-state index contributed by atoms with van der Waals surface area (Å²) in [5, 5.41) is 2.51. The Labute approximate surface area is 344 Å². The lowest BCUT2D eigenvalue weighted by Gasteiger charge is -2.35. The second kappa shape index (κ2) is 15.4. The molecule has 2 aromatic rings. The Balaban J connectivity index is 1.26. The number of fused-ring (bicyclic) bond motifs is 5. The van der Waals surface area contributed by atoms with Gasteiger partial charge >= 0.3 is 5.97 Å². The Kier molecular flexibility index (Phi) is 11.2. The van der Waals surface area contributed by atoms with Gasteiger partial charge in [-0.05, 0) is 75.8 Å². The van der Waals surface area contributed by atoms with Gasteiger partial charge < -0.3 is 24.4 Å². The van der Waals surface area contributed by atoms with Crippen LogP contribution in [0.25, 0.3) is 11.0 Å². The number of esters is 1. The first-order chi connectivity index (χ1) is 27.7. The van der Waals surface area contributed by atoms with Gasteiger partial charge in [-0.3, -0.25) is 23.9 Å². The Morgan fingerprint density at radius 3 is 2.44 bits per heavy atom. The van der Waals surface area contributed by atoms with Crippen molar-refractivity contribution >= 4 is 44.7 Å². The van der Waals surface area contributed by atoms with Gasteiger partial charge in [-0.15, -0.1) is 0 Å². The lowest BCUT2D eigenvalue weighted by atomic mass is 9.77. The highest BCUT2D eigenvalue weighted by molar-refractivity contribution is 7.91. The predicted octanol–water partition coefficient (Wildman–Crippen LogP) is 5.25. The molecule has 3 heterocycles. The summed E-state index contributed by atoms with van der Waals surface area (Å²) in [5.74, 6) is -5.70. The number of aryl methyl sites for hydroxylation is 1. The van der Waals surface area contributed by atoms with E-state index in [0.717, 1.165) is 32.1 Å². The standard InChI is InChI=1S/C42H57F2N5O9S/c1-8-41-20-24(41)12-10-9-11-13-29-36(46-30-18-25(56-7)14-15-28(30)45-29)57-31-22-49(37(52)26(39(3,4)5)19-32(50)58-41)33(23(31)2)35(51)47-42(21-27(42)34(43)44)38(53)48-59(54,55)40(6)16-17-40/h14-15,18,23-24,26-27,31,33-34H,8-13,16-17,19-22H2,1-7H3,(H,47,51)(H,48,53)/t23-,24+,26-,27+,31+,33?,41+,42-/m1/s1. The van der Waals surface area contributed by atoms with E-state index in [-0.39, 0.29) is 24.8 Å². The minimum atomic E-state index is -4.24. The number of hydrogen-bond acceptors (Lipinski definition) is 11. The monoisotopic (exact) mass is 845 g/mol. The van der Waals surface area contributed by atoms with E-state index in [0.29, 0.717) is 48.2 Å². The molecule has 324 valence electrons. The lowest BCUT2D eigenvalue weighted by molar-refractivity contribution is -0.159. The molecule has 2 aliphatic heterocycles. The normalized spacial score (nSPS) is 32.1. The van der Waals surface area contributed by atoms with Crippen molar-refractivity contribution in [3.63, 3.8) is 0 Å². The molecule has 7 rings (SSSR count). The number of halogens is 2. The van der Waals surface area contributed by atoms with Gasteiger partial charge in [-0.25, -0.2) is 27.2 Å². The highest BCUT2D eigenvalue weighted by atomic mass is 32.2. The third kappa shape index (κ3) is 8.20. The molecule has 2 bridgehead atoms. The molecule has 17 heteroatoms. The maximum absolute atomic E-state index is 14.9. The zero-order chi connectivity index (χ0) is 42.9. The number of carbonyl (C=O) groups is 4. The van der Waals surface area contributed by atoms with Crippen molar-refractivity contribution in [1.29, 1.82) is 0 Å². The molecular formula is C42H57F2N5O9S. The average Bonchev–Trinajstić information content (AvgIpc) is 4.12. The molecule has 3 aliphatic carbocycles. The second-order valence-electron chi connectivity index (χ2n) is 18.8. The molecule has 1 aromatic heterocycles. The largest absolute Gasteiger partial charge is 0.497 e. The molecule has 0 spiro atoms. The Morgan fingerprint density at radius 2 is 1.81 bits per heavy atom. The van der Waals surface area contributed by atoms with Crippen molar-refractivity contribution < 1.29 is 50.6 Å². The molecule has 1 aromatic carbocycles. The van der Waals surface area contributed by atoms with E-state index in [4.69, 9.17) is 24.2 Å². The van der Waals surface area contributed by atoms with E-state index in [2.05, 4.69) is 5.32 Å². The van der Waals surface area contributed by atoms with E-state index in [1.165, 1.54) is 11.8 Å². The van der Waals surface area contributed by atoms with E-state index in [9.17, 15) is 36.4 Å². The number of amides is 3. The summed E-state index contributed by atoms with van der Waals surface area (Å²) in [6, 6.07) is 3.96. The minimum absolute atomic E-state index is 0.151. The summed E-state index contributed by atoms with van der Waals surface area (Å²) >= 11 is 0. The summed E-state index contributed by atoms with van der Waals surface area (Å²) in [6.45, 7) is 10.4. The van der Waals surface area contributed by atoms with Crippen LogP contribution >= 0.6 is 0 Å². The van der Waals surface area contributed by atoms with Gasteiger partial charge in [0.25, 0.3) is 5.91 Å². The number of methoxy groups -OCH3 is 1. The SMILES string of the molecule is CC[C@]12C[C@@H]1CCCCCc1nc3ccc(OC)cc3nc1O[C@H]1CN(C(=O)[C@H](C(C)(C)C)CC(=O)O2)C(C(=O)N[C@]2(C(=O)NS(=O)(=O)C3(C)CC3)C[C@H]2C(F)F)[C@@H]1C. The highest BCUT2D eigenvalue weighted by Gasteiger charge is 2.68. The molecule has 1 unspecified atom stereocenters. The second-order valence-corrected chi connectivity index (χ2v) is 21.0. The van der Waals surface area contributed by atoms with Gasteiger partial charge in [0, 0.05) is 17.9 Å². The van der Waals surface area contributed by atoms with E-state index < -0.39 is 97.8 Å². The van der Waals surface area contributed by atoms with Crippen LogP contribution < -0.4 is 19.5 Å². The Hall–Kier alpha value is -4.15. The van der Waals surface area contributed by atoms with Crippen LogP contribution in [-0.2, 0) is 40.4 Å². The number of nitrogens with one attached hydrogen (secondary N) is 2. The van der Waals surface area contributed by atoms with Crippen LogP contribution in [0.5, 0.6) is 11.6 Å². The summed E-state index contributed by atoms with van der Waals surface area (Å²) < 4.78 is 73.8. The molecule has 8 atom stereocenters. The number of aromatic nitrogens is 2. The zero-order valence-corrected chi connectivity index (χ0v) is 35.8. The Bertz CT molecular complexity index is 2130. The van der Waals surface area contributed by atoms with Crippen LogP contribution in [0, 0.1) is 29.1 Å². The van der Waals surface area contributed by atoms with Crippen LogP contribution in [0.4, 0.5) is 8.78 Å². The fourth-order valence-electron chi connectivity index (χ4n) is 9.04. The van der Waals surface area contributed by atoms with Crippen molar-refractivity contribution in [1.82, 2.24) is 24.9 Å². The van der Waals surface area contributed by atoms with Gasteiger partial charge in [-0.2, -0.15) is 0 Å². The number of hydrogen-bond donors (Lipinski definition) is 2. The summed E-state index contributed by atoms with van der Waals surface area (Å²) in [4.78, 5) is 68.1. The van der Waals surface area contributed by atoms with Crippen LogP contribution in [0.15, 0.2) is 18.2 Å². The molecule has 14 nitrogen and oxygen atoms in total. The van der Waals surface area contributed by atoms with Crippen LogP contribution in [0.3, 0.4) is 0 Å². The average molecular weight is 846 g/mol. The number of ether oxygens (including phenoxy) is 3. The predicted molar refractivity (Wildman–Crippen MR) is 212 cm³/mol. The Morgan fingerprint density at radius 1 is 1.08 bits per heavy atom. The van der Waals surface area contributed by atoms with Crippen molar-refractivity contribution in [2.75, 3.05) is 13.7 Å². The third-order valence-electron chi connectivity index (χ3n) is 13.7. The first-order valence-corrected chi connectivity index (χ1v) is 22.4. The van der Waals surface area contributed by atoms with Crippen molar-refractivity contribution in [2.24, 2.45) is 29.1 Å². The smallest absolute Gasteiger partial charge is 0.307 e. The van der Waals surface area contributed by atoms with E-state index >= 15 is 0 Å². The topological polar surface area (TPSA) is 183 Å². The molecule has 59 heavy (non-hydrogen) atoms. The summed E-state index contributed by atoms with van der Waals surface area (Å²) in [5.41, 5.74) is -1.91. The first-order valence-electron chi connectivity index (χ1n) is 20.9. The van der Waals surface area contributed by atoms with Crippen LogP contribution in [-0.4, -0.2) is 95.1 Å². The van der Waals surface area contributed by atoms with E-state index in [1.54, 1.807) is 26.2 Å². The fourth-order valence-corrected chi connectivity index (χ4v) is 10.3. The lowest BCUT2D eigenvalue weighted by Crippen LogP contribution is -2.59. The molecule has 5 aliphatic rings. The quantitative estimate of drug-likeness (QED) is 0.331. The number of nitrogens with zero attached hydrogens (tertiary/aromatic N) is 3. The van der Waals surface area contributed by atoms with Crippen LogP contribution in [0.2, 0.25) is 0 Å². The first kappa shape index (κ1) is 43.0. The highest BCUT2D eigenvalue weighted by Crippen LogP contribution is 2.53. The molecule has 3 amide bonds.